The van der Waals surface area contributed by atoms with Gasteiger partial charge in [-0.05, 0) is 17.5 Å². The van der Waals surface area contributed by atoms with Crippen molar-refractivity contribution in [2.24, 2.45) is 0 Å². The highest BCUT2D eigenvalue weighted by atomic mass is 16.7. The van der Waals surface area contributed by atoms with Gasteiger partial charge in [-0.1, -0.05) is 30.3 Å². The van der Waals surface area contributed by atoms with Crippen LogP contribution in [0.2, 0.25) is 0 Å². The van der Waals surface area contributed by atoms with E-state index in [4.69, 9.17) is 13.9 Å². The fraction of sp³-hybridized carbons (Fsp3) is 0.0625. The standard InChI is InChI=1S/C16H10O4/c17-15-7-11-6-13-14(19-9-18-13)8-12(11)16(20-15)10-4-2-1-3-5-10/h1-8H,9H2. The number of fused-ring (bicyclic) bond motifs is 2. The van der Waals surface area contributed by atoms with E-state index in [9.17, 15) is 4.79 Å². The summed E-state index contributed by atoms with van der Waals surface area (Å²) in [4.78, 5) is 11.7. The SMILES string of the molecule is O=c1cc2cc3c(cc2c(-c2ccccc2)o1)OCO3. The van der Waals surface area contributed by atoms with E-state index in [0.29, 0.717) is 17.3 Å². The largest absolute Gasteiger partial charge is 0.454 e. The zero-order valence-corrected chi connectivity index (χ0v) is 10.5. The van der Waals surface area contributed by atoms with Crippen LogP contribution in [-0.4, -0.2) is 6.79 Å². The van der Waals surface area contributed by atoms with Crippen LogP contribution in [0.1, 0.15) is 0 Å². The summed E-state index contributed by atoms with van der Waals surface area (Å²) in [5, 5.41) is 1.62. The third-order valence-electron chi connectivity index (χ3n) is 3.30. The van der Waals surface area contributed by atoms with E-state index in [-0.39, 0.29) is 12.4 Å². The number of rotatable bonds is 1. The summed E-state index contributed by atoms with van der Waals surface area (Å²) in [6, 6.07) is 14.7. The monoisotopic (exact) mass is 266 g/mol. The van der Waals surface area contributed by atoms with Gasteiger partial charge in [0, 0.05) is 17.0 Å². The Kier molecular flexibility index (Phi) is 2.29. The van der Waals surface area contributed by atoms with E-state index < -0.39 is 0 Å². The number of ether oxygens (including phenoxy) is 2. The predicted molar refractivity (Wildman–Crippen MR) is 74.0 cm³/mol. The van der Waals surface area contributed by atoms with Gasteiger partial charge in [0.2, 0.25) is 6.79 Å². The molecule has 4 heteroatoms. The molecule has 2 aromatic carbocycles. The van der Waals surface area contributed by atoms with Crippen molar-refractivity contribution >= 4 is 10.8 Å². The van der Waals surface area contributed by atoms with Crippen molar-refractivity contribution in [3.05, 3.63) is 59.0 Å². The van der Waals surface area contributed by atoms with Gasteiger partial charge < -0.3 is 13.9 Å². The Balaban J connectivity index is 2.08. The van der Waals surface area contributed by atoms with Gasteiger partial charge in [0.05, 0.1) is 0 Å². The summed E-state index contributed by atoms with van der Waals surface area (Å²) in [5.74, 6) is 1.87. The Morgan fingerprint density at radius 2 is 1.65 bits per heavy atom. The molecule has 98 valence electrons. The van der Waals surface area contributed by atoms with Crippen molar-refractivity contribution in [2.45, 2.75) is 0 Å². The van der Waals surface area contributed by atoms with Crippen molar-refractivity contribution < 1.29 is 13.9 Å². The lowest BCUT2D eigenvalue weighted by molar-refractivity contribution is 0.174. The van der Waals surface area contributed by atoms with Gasteiger partial charge in [-0.25, -0.2) is 4.79 Å². The van der Waals surface area contributed by atoms with Crippen LogP contribution in [0.25, 0.3) is 22.1 Å². The molecule has 3 aromatic rings. The Morgan fingerprint density at radius 3 is 2.45 bits per heavy atom. The molecule has 0 saturated carbocycles. The summed E-state index contributed by atoms with van der Waals surface area (Å²) >= 11 is 0. The highest BCUT2D eigenvalue weighted by Gasteiger charge is 2.17. The maximum Gasteiger partial charge on any atom is 0.336 e. The molecule has 0 bridgehead atoms. The van der Waals surface area contributed by atoms with Gasteiger partial charge in [0.25, 0.3) is 0 Å². The molecule has 0 atom stereocenters. The molecular weight excluding hydrogens is 256 g/mol. The second-order valence-electron chi connectivity index (χ2n) is 4.55. The zero-order valence-electron chi connectivity index (χ0n) is 10.5. The lowest BCUT2D eigenvalue weighted by Gasteiger charge is -2.06. The third-order valence-corrected chi connectivity index (χ3v) is 3.30. The van der Waals surface area contributed by atoms with E-state index in [2.05, 4.69) is 0 Å². The molecular formula is C16H10O4. The van der Waals surface area contributed by atoms with Crippen LogP contribution >= 0.6 is 0 Å². The van der Waals surface area contributed by atoms with E-state index in [0.717, 1.165) is 16.3 Å². The molecule has 2 heterocycles. The van der Waals surface area contributed by atoms with Crippen LogP contribution in [0.4, 0.5) is 0 Å². The van der Waals surface area contributed by atoms with Crippen molar-refractivity contribution in [3.63, 3.8) is 0 Å². The smallest absolute Gasteiger partial charge is 0.336 e. The average Bonchev–Trinajstić information content (AvgIpc) is 2.92. The highest BCUT2D eigenvalue weighted by Crippen LogP contribution is 2.38. The summed E-state index contributed by atoms with van der Waals surface area (Å²) in [6.45, 7) is 0.202. The van der Waals surface area contributed by atoms with E-state index in [1.807, 2.05) is 36.4 Å². The minimum absolute atomic E-state index is 0.202. The molecule has 0 radical (unpaired) electrons. The summed E-state index contributed by atoms with van der Waals surface area (Å²) in [5.41, 5.74) is 0.476. The number of hydrogen-bond acceptors (Lipinski definition) is 4. The van der Waals surface area contributed by atoms with Crippen LogP contribution in [0.15, 0.2) is 57.7 Å². The molecule has 1 aliphatic rings. The summed E-state index contributed by atoms with van der Waals surface area (Å²) < 4.78 is 16.1. The Morgan fingerprint density at radius 1 is 0.900 bits per heavy atom. The lowest BCUT2D eigenvalue weighted by Crippen LogP contribution is -1.98. The number of benzene rings is 2. The minimum Gasteiger partial charge on any atom is -0.454 e. The third kappa shape index (κ3) is 1.66. The van der Waals surface area contributed by atoms with Crippen molar-refractivity contribution in [3.8, 4) is 22.8 Å². The molecule has 0 spiro atoms. The fourth-order valence-corrected chi connectivity index (χ4v) is 2.39. The lowest BCUT2D eigenvalue weighted by atomic mass is 10.0. The highest BCUT2D eigenvalue weighted by molar-refractivity contribution is 5.95. The first kappa shape index (κ1) is 11.1. The molecule has 1 aliphatic heterocycles. The predicted octanol–water partition coefficient (Wildman–Crippen LogP) is 3.19. The molecule has 0 fully saturated rings. The Bertz CT molecular complexity index is 849. The molecule has 4 rings (SSSR count). The van der Waals surface area contributed by atoms with Crippen LogP contribution in [-0.2, 0) is 0 Å². The molecule has 0 N–H and O–H groups in total. The maximum absolute atomic E-state index is 11.7. The Hall–Kier alpha value is -2.75. The molecule has 0 unspecified atom stereocenters. The number of hydrogen-bond donors (Lipinski definition) is 0. The van der Waals surface area contributed by atoms with Crippen LogP contribution in [0, 0.1) is 0 Å². The van der Waals surface area contributed by atoms with Crippen molar-refractivity contribution in [1.82, 2.24) is 0 Å². The van der Waals surface area contributed by atoms with E-state index in [1.54, 1.807) is 6.07 Å². The van der Waals surface area contributed by atoms with Crippen molar-refractivity contribution in [2.75, 3.05) is 6.79 Å². The van der Waals surface area contributed by atoms with Gasteiger partial charge >= 0.3 is 5.63 Å². The van der Waals surface area contributed by atoms with Crippen LogP contribution in [0.3, 0.4) is 0 Å². The summed E-state index contributed by atoms with van der Waals surface area (Å²) in [6.07, 6.45) is 0. The van der Waals surface area contributed by atoms with Gasteiger partial charge in [0.1, 0.15) is 5.76 Å². The minimum atomic E-state index is -0.379. The summed E-state index contributed by atoms with van der Waals surface area (Å²) in [7, 11) is 0. The molecule has 0 aliphatic carbocycles. The van der Waals surface area contributed by atoms with Gasteiger partial charge in [-0.3, -0.25) is 0 Å². The second-order valence-corrected chi connectivity index (χ2v) is 4.55. The normalized spacial score (nSPS) is 12.8. The molecule has 1 aromatic heterocycles. The van der Waals surface area contributed by atoms with Gasteiger partial charge in [-0.2, -0.15) is 0 Å². The van der Waals surface area contributed by atoms with E-state index >= 15 is 0 Å². The van der Waals surface area contributed by atoms with E-state index in [1.165, 1.54) is 6.07 Å². The fourth-order valence-electron chi connectivity index (χ4n) is 2.39. The van der Waals surface area contributed by atoms with Crippen LogP contribution < -0.4 is 15.1 Å². The van der Waals surface area contributed by atoms with Crippen molar-refractivity contribution in [1.29, 1.82) is 0 Å². The van der Waals surface area contributed by atoms with Gasteiger partial charge in [0.15, 0.2) is 11.5 Å². The maximum atomic E-state index is 11.7. The first-order valence-electron chi connectivity index (χ1n) is 6.24. The quantitative estimate of drug-likeness (QED) is 0.678. The second kappa shape index (κ2) is 4.13. The first-order valence-corrected chi connectivity index (χ1v) is 6.24. The molecule has 0 saturated heterocycles. The van der Waals surface area contributed by atoms with Crippen LogP contribution in [0.5, 0.6) is 11.5 Å². The first-order chi connectivity index (χ1) is 9.81. The Labute approximate surface area is 114 Å². The van der Waals surface area contributed by atoms with Gasteiger partial charge in [-0.15, -0.1) is 0 Å². The molecule has 4 nitrogen and oxygen atoms in total. The topological polar surface area (TPSA) is 48.7 Å². The molecule has 20 heavy (non-hydrogen) atoms. The zero-order chi connectivity index (χ0) is 13.5. The average molecular weight is 266 g/mol. The molecule has 0 amide bonds.